The van der Waals surface area contributed by atoms with Crippen molar-refractivity contribution in [2.24, 2.45) is 5.73 Å². The van der Waals surface area contributed by atoms with Crippen LogP contribution in [-0.2, 0) is 11.2 Å². The normalized spacial score (nSPS) is 29.5. The van der Waals surface area contributed by atoms with Gasteiger partial charge in [0.1, 0.15) is 5.75 Å². The second kappa shape index (κ2) is 4.85. The highest BCUT2D eigenvalue weighted by atomic mass is 16.3. The Labute approximate surface area is 113 Å². The number of phenols is 1. The van der Waals surface area contributed by atoms with Gasteiger partial charge in [-0.05, 0) is 43.4 Å². The molecule has 2 fully saturated rings. The lowest BCUT2D eigenvalue weighted by molar-refractivity contribution is -0.135. The second-order valence-corrected chi connectivity index (χ2v) is 5.76. The molecule has 0 spiro atoms. The van der Waals surface area contributed by atoms with Crippen LogP contribution in [-0.4, -0.2) is 34.0 Å². The molecular formula is C15H20N2O2. The van der Waals surface area contributed by atoms with Crippen molar-refractivity contribution < 1.29 is 9.90 Å². The van der Waals surface area contributed by atoms with E-state index >= 15 is 0 Å². The number of amides is 1. The zero-order chi connectivity index (χ0) is 13.4. The van der Waals surface area contributed by atoms with Crippen LogP contribution in [0.5, 0.6) is 5.75 Å². The van der Waals surface area contributed by atoms with Crippen molar-refractivity contribution in [1.82, 2.24) is 4.90 Å². The minimum Gasteiger partial charge on any atom is -0.508 e. The van der Waals surface area contributed by atoms with Crippen molar-refractivity contribution in [3.8, 4) is 5.75 Å². The number of hydrogen-bond acceptors (Lipinski definition) is 3. The monoisotopic (exact) mass is 260 g/mol. The molecule has 3 rings (SSSR count). The van der Waals surface area contributed by atoms with Crippen molar-refractivity contribution in [2.75, 3.05) is 0 Å². The minimum absolute atomic E-state index is 0.199. The number of piperidine rings is 1. The predicted octanol–water partition coefficient (Wildman–Crippen LogP) is 1.42. The summed E-state index contributed by atoms with van der Waals surface area (Å²) in [4.78, 5) is 14.5. The summed E-state index contributed by atoms with van der Waals surface area (Å²) in [5.74, 6) is 0.435. The van der Waals surface area contributed by atoms with Gasteiger partial charge in [-0.25, -0.2) is 0 Å². The van der Waals surface area contributed by atoms with E-state index in [1.807, 2.05) is 12.1 Å². The molecule has 0 saturated carbocycles. The first-order chi connectivity index (χ1) is 9.13. The van der Waals surface area contributed by atoms with Crippen LogP contribution in [0, 0.1) is 0 Å². The van der Waals surface area contributed by atoms with Crippen LogP contribution in [0.1, 0.15) is 31.2 Å². The van der Waals surface area contributed by atoms with Crippen LogP contribution >= 0.6 is 0 Å². The first kappa shape index (κ1) is 12.5. The van der Waals surface area contributed by atoms with E-state index in [-0.39, 0.29) is 17.7 Å². The van der Waals surface area contributed by atoms with Crippen LogP contribution in [0.3, 0.4) is 0 Å². The Kier molecular flexibility index (Phi) is 3.19. The molecule has 2 unspecified atom stereocenters. The predicted molar refractivity (Wildman–Crippen MR) is 72.7 cm³/mol. The molecule has 102 valence electrons. The van der Waals surface area contributed by atoms with E-state index in [2.05, 4.69) is 4.90 Å². The maximum atomic E-state index is 12.4. The van der Waals surface area contributed by atoms with Gasteiger partial charge in [0.15, 0.2) is 0 Å². The van der Waals surface area contributed by atoms with E-state index in [4.69, 9.17) is 5.73 Å². The molecule has 0 radical (unpaired) electrons. The maximum Gasteiger partial charge on any atom is 0.227 e. The van der Waals surface area contributed by atoms with Gasteiger partial charge in [0.25, 0.3) is 0 Å². The summed E-state index contributed by atoms with van der Waals surface area (Å²) < 4.78 is 0. The van der Waals surface area contributed by atoms with Gasteiger partial charge in [-0.3, -0.25) is 4.79 Å². The number of rotatable bonds is 2. The summed E-state index contributed by atoms with van der Waals surface area (Å²) in [5.41, 5.74) is 6.98. The standard InChI is InChI=1S/C15H20N2O2/c16-11-8-12-3-4-13(9-11)17(12)15(19)7-10-1-5-14(18)6-2-10/h1-2,5-6,11-13,18H,3-4,7-9,16H2. The smallest absolute Gasteiger partial charge is 0.227 e. The Morgan fingerprint density at radius 1 is 1.21 bits per heavy atom. The molecule has 2 atom stereocenters. The number of aromatic hydroxyl groups is 1. The number of hydrogen-bond donors (Lipinski definition) is 2. The Morgan fingerprint density at radius 3 is 2.37 bits per heavy atom. The summed E-state index contributed by atoms with van der Waals surface area (Å²) in [7, 11) is 0. The lowest BCUT2D eigenvalue weighted by Gasteiger charge is -2.37. The summed E-state index contributed by atoms with van der Waals surface area (Å²) in [6, 6.07) is 7.83. The third-order valence-electron chi connectivity index (χ3n) is 4.35. The summed E-state index contributed by atoms with van der Waals surface area (Å²) in [6.45, 7) is 0. The lowest BCUT2D eigenvalue weighted by atomic mass is 9.97. The fourth-order valence-corrected chi connectivity index (χ4v) is 3.51. The lowest BCUT2D eigenvalue weighted by Crippen LogP contribution is -2.50. The third-order valence-corrected chi connectivity index (χ3v) is 4.35. The van der Waals surface area contributed by atoms with E-state index in [0.717, 1.165) is 31.2 Å². The zero-order valence-corrected chi connectivity index (χ0v) is 11.0. The van der Waals surface area contributed by atoms with Crippen molar-refractivity contribution in [3.63, 3.8) is 0 Å². The van der Waals surface area contributed by atoms with Gasteiger partial charge in [0, 0.05) is 18.1 Å². The van der Waals surface area contributed by atoms with Gasteiger partial charge in [0.05, 0.1) is 6.42 Å². The molecule has 2 aliphatic rings. The molecule has 2 aliphatic heterocycles. The van der Waals surface area contributed by atoms with E-state index in [0.29, 0.717) is 18.5 Å². The minimum atomic E-state index is 0.199. The molecule has 2 saturated heterocycles. The molecule has 2 heterocycles. The first-order valence-corrected chi connectivity index (χ1v) is 6.98. The van der Waals surface area contributed by atoms with E-state index in [9.17, 15) is 9.90 Å². The van der Waals surface area contributed by atoms with E-state index in [1.54, 1.807) is 12.1 Å². The number of fused-ring (bicyclic) bond motifs is 2. The van der Waals surface area contributed by atoms with Gasteiger partial charge in [-0.2, -0.15) is 0 Å². The number of carbonyl (C=O) groups is 1. The summed E-state index contributed by atoms with van der Waals surface area (Å²) >= 11 is 0. The fourth-order valence-electron chi connectivity index (χ4n) is 3.51. The largest absolute Gasteiger partial charge is 0.508 e. The van der Waals surface area contributed by atoms with Gasteiger partial charge in [-0.1, -0.05) is 12.1 Å². The van der Waals surface area contributed by atoms with Crippen molar-refractivity contribution >= 4 is 5.91 Å². The first-order valence-electron chi connectivity index (χ1n) is 6.98. The molecule has 19 heavy (non-hydrogen) atoms. The van der Waals surface area contributed by atoms with Crippen LogP contribution in [0.15, 0.2) is 24.3 Å². The van der Waals surface area contributed by atoms with Crippen LogP contribution in [0.25, 0.3) is 0 Å². The van der Waals surface area contributed by atoms with Crippen molar-refractivity contribution in [3.05, 3.63) is 29.8 Å². The molecule has 1 aromatic carbocycles. The summed E-state index contributed by atoms with van der Waals surface area (Å²) in [6.07, 6.45) is 4.50. The highest BCUT2D eigenvalue weighted by Crippen LogP contribution is 2.35. The molecule has 4 nitrogen and oxygen atoms in total. The van der Waals surface area contributed by atoms with Crippen LogP contribution in [0.2, 0.25) is 0 Å². The Hall–Kier alpha value is -1.55. The number of carbonyl (C=O) groups excluding carboxylic acids is 1. The Balaban J connectivity index is 1.69. The van der Waals surface area contributed by atoms with Crippen molar-refractivity contribution in [2.45, 2.75) is 50.2 Å². The topological polar surface area (TPSA) is 66.6 Å². The number of nitrogens with zero attached hydrogens (tertiary/aromatic N) is 1. The van der Waals surface area contributed by atoms with Gasteiger partial charge < -0.3 is 15.7 Å². The third kappa shape index (κ3) is 2.45. The molecule has 4 heteroatoms. The van der Waals surface area contributed by atoms with Gasteiger partial charge >= 0.3 is 0 Å². The number of nitrogens with two attached hydrogens (primary N) is 1. The Morgan fingerprint density at radius 2 is 1.79 bits per heavy atom. The molecule has 0 aliphatic carbocycles. The average molecular weight is 260 g/mol. The summed E-state index contributed by atoms with van der Waals surface area (Å²) in [5, 5.41) is 9.25. The fraction of sp³-hybridized carbons (Fsp3) is 0.533. The number of benzene rings is 1. The SMILES string of the molecule is NC1CC2CCC(C1)N2C(=O)Cc1ccc(O)cc1. The van der Waals surface area contributed by atoms with Gasteiger partial charge in [0.2, 0.25) is 5.91 Å². The second-order valence-electron chi connectivity index (χ2n) is 5.76. The molecule has 1 aromatic rings. The number of phenolic OH excluding ortho intramolecular Hbond substituents is 1. The molecule has 0 aromatic heterocycles. The Bertz CT molecular complexity index is 458. The molecular weight excluding hydrogens is 240 g/mol. The highest BCUT2D eigenvalue weighted by molar-refractivity contribution is 5.80. The van der Waals surface area contributed by atoms with E-state index in [1.165, 1.54) is 0 Å². The average Bonchev–Trinajstić information content (AvgIpc) is 2.65. The molecule has 1 amide bonds. The quantitative estimate of drug-likeness (QED) is 0.845. The molecule has 3 N–H and O–H groups in total. The highest BCUT2D eigenvalue weighted by Gasteiger charge is 2.41. The van der Waals surface area contributed by atoms with E-state index < -0.39 is 0 Å². The van der Waals surface area contributed by atoms with Crippen LogP contribution < -0.4 is 5.73 Å². The van der Waals surface area contributed by atoms with Crippen LogP contribution in [0.4, 0.5) is 0 Å². The zero-order valence-electron chi connectivity index (χ0n) is 11.0. The maximum absolute atomic E-state index is 12.4. The van der Waals surface area contributed by atoms with Gasteiger partial charge in [-0.15, -0.1) is 0 Å². The molecule has 2 bridgehead atoms. The van der Waals surface area contributed by atoms with Crippen molar-refractivity contribution in [1.29, 1.82) is 0 Å².